The molecular weight excluding hydrogens is 387 g/mol. The van der Waals surface area contributed by atoms with Crippen LogP contribution in [0.3, 0.4) is 0 Å². The van der Waals surface area contributed by atoms with Crippen molar-refractivity contribution in [3.05, 3.63) is 81.0 Å². The monoisotopic (exact) mass is 404 g/mol. The molecule has 0 aliphatic carbocycles. The van der Waals surface area contributed by atoms with Crippen LogP contribution in [0.5, 0.6) is 5.75 Å². The molecule has 0 spiro atoms. The summed E-state index contributed by atoms with van der Waals surface area (Å²) in [5, 5.41) is 6.21. The van der Waals surface area contributed by atoms with Crippen LogP contribution >= 0.6 is 22.9 Å². The van der Waals surface area contributed by atoms with Crippen LogP contribution in [-0.4, -0.2) is 10.9 Å². The van der Waals surface area contributed by atoms with E-state index in [1.165, 1.54) is 23.5 Å². The van der Waals surface area contributed by atoms with E-state index >= 15 is 0 Å². The van der Waals surface area contributed by atoms with Crippen molar-refractivity contribution in [1.29, 1.82) is 0 Å². The average molecular weight is 405 g/mol. The normalized spacial score (nSPS) is 11.8. The Labute approximate surface area is 166 Å². The van der Waals surface area contributed by atoms with E-state index in [9.17, 15) is 9.18 Å². The number of halogens is 2. The van der Waals surface area contributed by atoms with E-state index in [2.05, 4.69) is 10.3 Å². The SMILES string of the molecule is CC(NC(=O)Cc1csc(COc2ccc(F)cc2)n1)c1ccc(Cl)cc1. The molecule has 7 heteroatoms. The van der Waals surface area contributed by atoms with Crippen LogP contribution in [0.2, 0.25) is 5.02 Å². The predicted octanol–water partition coefficient (Wildman–Crippen LogP) is 4.93. The maximum atomic E-state index is 12.9. The van der Waals surface area contributed by atoms with Gasteiger partial charge in [-0.2, -0.15) is 0 Å². The number of hydrogen-bond acceptors (Lipinski definition) is 4. The van der Waals surface area contributed by atoms with Gasteiger partial charge in [0.05, 0.1) is 18.2 Å². The second-order valence-electron chi connectivity index (χ2n) is 5.99. The third-order valence-electron chi connectivity index (χ3n) is 3.86. The van der Waals surface area contributed by atoms with Gasteiger partial charge in [0.2, 0.25) is 5.91 Å². The van der Waals surface area contributed by atoms with Crippen LogP contribution in [0.1, 0.15) is 29.2 Å². The molecule has 3 rings (SSSR count). The van der Waals surface area contributed by atoms with E-state index in [-0.39, 0.29) is 30.8 Å². The molecule has 1 N–H and O–H groups in total. The molecule has 27 heavy (non-hydrogen) atoms. The number of thiazole rings is 1. The number of nitrogens with zero attached hydrogens (tertiary/aromatic N) is 1. The van der Waals surface area contributed by atoms with Gasteiger partial charge in [-0.1, -0.05) is 23.7 Å². The first-order chi connectivity index (χ1) is 13.0. The molecule has 0 aliphatic heterocycles. The van der Waals surface area contributed by atoms with Gasteiger partial charge in [0.15, 0.2) is 0 Å². The minimum atomic E-state index is -0.308. The molecule has 2 aromatic carbocycles. The van der Waals surface area contributed by atoms with E-state index in [1.54, 1.807) is 24.3 Å². The Hall–Kier alpha value is -2.44. The molecule has 0 saturated heterocycles. The summed E-state index contributed by atoms with van der Waals surface area (Å²) in [5.74, 6) is 0.161. The smallest absolute Gasteiger partial charge is 0.226 e. The van der Waals surface area contributed by atoms with Crippen molar-refractivity contribution in [2.45, 2.75) is 26.0 Å². The number of benzene rings is 2. The van der Waals surface area contributed by atoms with Crippen LogP contribution < -0.4 is 10.1 Å². The third-order valence-corrected chi connectivity index (χ3v) is 4.99. The van der Waals surface area contributed by atoms with Crippen molar-refractivity contribution >= 4 is 28.8 Å². The molecule has 1 unspecified atom stereocenters. The van der Waals surface area contributed by atoms with Crippen LogP contribution in [0.25, 0.3) is 0 Å². The molecule has 0 radical (unpaired) electrons. The summed E-state index contributed by atoms with van der Waals surface area (Å²) >= 11 is 7.31. The molecule has 1 heterocycles. The third kappa shape index (κ3) is 5.77. The standard InChI is InChI=1S/C20H18ClFN2O2S/c1-13(14-2-4-15(21)5-3-14)23-19(25)10-17-12-27-20(24-17)11-26-18-8-6-16(22)7-9-18/h2-9,12-13H,10-11H2,1H3,(H,23,25). The zero-order chi connectivity index (χ0) is 19.2. The Morgan fingerprint density at radius 2 is 1.93 bits per heavy atom. The number of carbonyl (C=O) groups is 1. The van der Waals surface area contributed by atoms with Crippen LogP contribution in [0, 0.1) is 5.82 Å². The fourth-order valence-electron chi connectivity index (χ4n) is 2.46. The van der Waals surface area contributed by atoms with E-state index in [1.807, 2.05) is 24.4 Å². The van der Waals surface area contributed by atoms with Crippen molar-refractivity contribution in [3.63, 3.8) is 0 Å². The summed E-state index contributed by atoms with van der Waals surface area (Å²) in [7, 11) is 0. The van der Waals surface area contributed by atoms with Crippen LogP contribution in [-0.2, 0) is 17.8 Å². The highest BCUT2D eigenvalue weighted by molar-refractivity contribution is 7.09. The van der Waals surface area contributed by atoms with Crippen molar-refractivity contribution in [3.8, 4) is 5.75 Å². The van der Waals surface area contributed by atoms with Crippen molar-refractivity contribution in [2.75, 3.05) is 0 Å². The predicted molar refractivity (Wildman–Crippen MR) is 105 cm³/mol. The molecule has 0 fully saturated rings. The summed E-state index contributed by atoms with van der Waals surface area (Å²) in [4.78, 5) is 16.7. The van der Waals surface area contributed by atoms with Gasteiger partial charge >= 0.3 is 0 Å². The van der Waals surface area contributed by atoms with Crippen LogP contribution in [0.15, 0.2) is 53.9 Å². The molecule has 140 valence electrons. The van der Waals surface area contributed by atoms with Gasteiger partial charge in [-0.25, -0.2) is 9.37 Å². The molecule has 0 aliphatic rings. The number of rotatable bonds is 7. The topological polar surface area (TPSA) is 51.2 Å². The minimum absolute atomic E-state index is 0.103. The molecule has 0 saturated carbocycles. The fraction of sp³-hybridized carbons (Fsp3) is 0.200. The Kier molecular flexibility index (Phi) is 6.42. The lowest BCUT2D eigenvalue weighted by molar-refractivity contribution is -0.121. The summed E-state index contributed by atoms with van der Waals surface area (Å²) < 4.78 is 18.4. The average Bonchev–Trinajstić information content (AvgIpc) is 3.09. The van der Waals surface area contributed by atoms with E-state index < -0.39 is 0 Å². The van der Waals surface area contributed by atoms with Crippen molar-refractivity contribution < 1.29 is 13.9 Å². The summed E-state index contributed by atoms with van der Waals surface area (Å²) in [6.07, 6.45) is 0.199. The largest absolute Gasteiger partial charge is 0.486 e. The lowest BCUT2D eigenvalue weighted by Crippen LogP contribution is -2.28. The molecule has 0 bridgehead atoms. The first-order valence-corrected chi connectivity index (χ1v) is 9.62. The lowest BCUT2D eigenvalue weighted by atomic mass is 10.1. The summed E-state index contributed by atoms with van der Waals surface area (Å²) in [5.41, 5.74) is 1.68. The fourth-order valence-corrected chi connectivity index (χ4v) is 3.30. The molecule has 1 aromatic heterocycles. The second-order valence-corrected chi connectivity index (χ2v) is 7.37. The first-order valence-electron chi connectivity index (χ1n) is 8.36. The van der Waals surface area contributed by atoms with E-state index in [4.69, 9.17) is 16.3 Å². The van der Waals surface area contributed by atoms with E-state index in [0.717, 1.165) is 10.6 Å². The molecule has 1 atom stereocenters. The lowest BCUT2D eigenvalue weighted by Gasteiger charge is -2.14. The quantitative estimate of drug-likeness (QED) is 0.607. The number of amides is 1. The Bertz CT molecular complexity index is 897. The van der Waals surface area contributed by atoms with Crippen molar-refractivity contribution in [2.24, 2.45) is 0 Å². The second kappa shape index (κ2) is 8.97. The summed E-state index contributed by atoms with van der Waals surface area (Å²) in [6, 6.07) is 13.1. The molecule has 1 amide bonds. The van der Waals surface area contributed by atoms with Gasteiger partial charge in [0, 0.05) is 10.4 Å². The minimum Gasteiger partial charge on any atom is -0.486 e. The molecule has 4 nitrogen and oxygen atoms in total. The number of ether oxygens (including phenoxy) is 1. The number of aromatic nitrogens is 1. The number of nitrogens with one attached hydrogen (secondary N) is 1. The highest BCUT2D eigenvalue weighted by atomic mass is 35.5. The molecule has 3 aromatic rings. The highest BCUT2D eigenvalue weighted by Crippen LogP contribution is 2.18. The van der Waals surface area contributed by atoms with Gasteiger partial charge in [-0.3, -0.25) is 4.79 Å². The Morgan fingerprint density at radius 1 is 1.22 bits per heavy atom. The zero-order valence-electron chi connectivity index (χ0n) is 14.6. The highest BCUT2D eigenvalue weighted by Gasteiger charge is 2.12. The van der Waals surface area contributed by atoms with Gasteiger partial charge < -0.3 is 10.1 Å². The van der Waals surface area contributed by atoms with Crippen LogP contribution in [0.4, 0.5) is 4.39 Å². The number of carbonyl (C=O) groups excluding carboxylic acids is 1. The number of hydrogen-bond donors (Lipinski definition) is 1. The molecular formula is C20H18ClFN2O2S. The summed E-state index contributed by atoms with van der Waals surface area (Å²) in [6.45, 7) is 2.20. The maximum absolute atomic E-state index is 12.9. The zero-order valence-corrected chi connectivity index (χ0v) is 16.2. The van der Waals surface area contributed by atoms with Gasteiger partial charge in [-0.05, 0) is 48.9 Å². The Morgan fingerprint density at radius 3 is 2.63 bits per heavy atom. The maximum Gasteiger partial charge on any atom is 0.226 e. The van der Waals surface area contributed by atoms with Gasteiger partial charge in [0.25, 0.3) is 0 Å². The van der Waals surface area contributed by atoms with Crippen molar-refractivity contribution in [1.82, 2.24) is 10.3 Å². The van der Waals surface area contributed by atoms with Gasteiger partial charge in [0.1, 0.15) is 23.2 Å². The van der Waals surface area contributed by atoms with E-state index in [0.29, 0.717) is 16.5 Å². The van der Waals surface area contributed by atoms with Gasteiger partial charge in [-0.15, -0.1) is 11.3 Å². The Balaban J connectivity index is 1.50. The first kappa shape index (κ1) is 19.3.